The summed E-state index contributed by atoms with van der Waals surface area (Å²) in [5.41, 5.74) is 2.33. The van der Waals surface area contributed by atoms with E-state index in [-0.39, 0.29) is 30.1 Å². The molecule has 3 aromatic heterocycles. The average molecular weight is 533 g/mol. The third kappa shape index (κ3) is 5.14. The molecular weight excluding hydrogens is 500 g/mol. The van der Waals surface area contributed by atoms with Crippen molar-refractivity contribution in [3.63, 3.8) is 0 Å². The van der Waals surface area contributed by atoms with Crippen molar-refractivity contribution in [2.24, 2.45) is 0 Å². The molecule has 0 bridgehead atoms. The fraction of sp³-hybridized carbons (Fsp3) is 0.407. The maximum Gasteiger partial charge on any atom is 0.410 e. The largest absolute Gasteiger partial charge is 0.467 e. The summed E-state index contributed by atoms with van der Waals surface area (Å²) >= 11 is 0. The van der Waals surface area contributed by atoms with Gasteiger partial charge in [-0.2, -0.15) is 10.1 Å². The van der Waals surface area contributed by atoms with Crippen molar-refractivity contribution in [3.8, 4) is 6.01 Å². The number of methoxy groups -OCH3 is 1. The second-order valence-corrected chi connectivity index (χ2v) is 10.7. The Hall–Kier alpha value is -4.48. The van der Waals surface area contributed by atoms with Gasteiger partial charge in [-0.25, -0.2) is 14.3 Å². The fourth-order valence-corrected chi connectivity index (χ4v) is 4.96. The highest BCUT2D eigenvalue weighted by Gasteiger charge is 2.36. The van der Waals surface area contributed by atoms with E-state index in [4.69, 9.17) is 9.47 Å². The summed E-state index contributed by atoms with van der Waals surface area (Å²) in [5, 5.41) is 7.88. The number of amides is 2. The number of nitrogens with zero attached hydrogens (tertiary/aromatic N) is 7. The molecule has 4 aromatic rings. The van der Waals surface area contributed by atoms with Crippen LogP contribution < -0.4 is 15.0 Å². The van der Waals surface area contributed by atoms with E-state index in [0.717, 1.165) is 5.69 Å². The Morgan fingerprint density at radius 1 is 1.08 bits per heavy atom. The van der Waals surface area contributed by atoms with Gasteiger partial charge in [0.1, 0.15) is 11.1 Å². The molecule has 1 aromatic carbocycles. The molecule has 12 nitrogen and oxygen atoms in total. The van der Waals surface area contributed by atoms with Crippen LogP contribution in [0.5, 0.6) is 6.01 Å². The summed E-state index contributed by atoms with van der Waals surface area (Å²) in [6.07, 6.45) is 7.88. The molecule has 2 amide bonds. The lowest BCUT2D eigenvalue weighted by atomic mass is 10.0. The Labute approximate surface area is 225 Å². The maximum absolute atomic E-state index is 13.5. The van der Waals surface area contributed by atoms with Crippen LogP contribution in [-0.2, 0) is 4.74 Å². The van der Waals surface area contributed by atoms with Crippen LogP contribution in [0.2, 0.25) is 0 Å². The van der Waals surface area contributed by atoms with Crippen LogP contribution in [0, 0.1) is 0 Å². The lowest BCUT2D eigenvalue weighted by molar-refractivity contribution is 0.00567. The van der Waals surface area contributed by atoms with Crippen molar-refractivity contribution in [2.75, 3.05) is 30.4 Å². The predicted octanol–water partition coefficient (Wildman–Crippen LogP) is 3.77. The molecule has 5 rings (SSSR count). The monoisotopic (exact) mass is 532 g/mol. The van der Waals surface area contributed by atoms with Crippen molar-refractivity contribution in [2.45, 2.75) is 52.3 Å². The molecule has 12 heteroatoms. The van der Waals surface area contributed by atoms with E-state index in [2.05, 4.69) is 30.3 Å². The predicted molar refractivity (Wildman–Crippen MR) is 146 cm³/mol. The zero-order chi connectivity index (χ0) is 27.9. The van der Waals surface area contributed by atoms with E-state index < -0.39 is 5.60 Å². The molecule has 0 spiro atoms. The number of rotatable bonds is 4. The van der Waals surface area contributed by atoms with Gasteiger partial charge in [-0.05, 0) is 46.8 Å². The molecule has 1 fully saturated rings. The molecule has 0 unspecified atom stereocenters. The summed E-state index contributed by atoms with van der Waals surface area (Å²) in [7, 11) is 1.48. The van der Waals surface area contributed by atoms with Crippen molar-refractivity contribution >= 4 is 39.8 Å². The highest BCUT2D eigenvalue weighted by molar-refractivity contribution is 6.14. The number of piperazine rings is 1. The number of ether oxygens (including phenoxy) is 2. The summed E-state index contributed by atoms with van der Waals surface area (Å²) < 4.78 is 12.6. The molecule has 0 radical (unpaired) electrons. The Balaban J connectivity index is 1.47. The highest BCUT2D eigenvalue weighted by atomic mass is 16.6. The van der Waals surface area contributed by atoms with Gasteiger partial charge < -0.3 is 19.7 Å². The summed E-state index contributed by atoms with van der Waals surface area (Å²) in [6.45, 7) is 10.7. The normalized spacial score (nSPS) is 17.9. The highest BCUT2D eigenvalue weighted by Crippen LogP contribution is 2.33. The molecule has 39 heavy (non-hydrogen) atoms. The Morgan fingerprint density at radius 3 is 2.51 bits per heavy atom. The number of hydrogen-bond acceptors (Lipinski definition) is 9. The van der Waals surface area contributed by atoms with Gasteiger partial charge >= 0.3 is 12.1 Å². The van der Waals surface area contributed by atoms with E-state index in [0.29, 0.717) is 40.8 Å². The summed E-state index contributed by atoms with van der Waals surface area (Å²) in [6, 6.07) is 3.59. The van der Waals surface area contributed by atoms with E-state index >= 15 is 0 Å². The van der Waals surface area contributed by atoms with E-state index in [1.54, 1.807) is 46.5 Å². The van der Waals surface area contributed by atoms with Crippen molar-refractivity contribution in [1.82, 2.24) is 29.5 Å². The minimum absolute atomic E-state index is 0.106. The van der Waals surface area contributed by atoms with Gasteiger partial charge in [-0.15, -0.1) is 0 Å². The fourth-order valence-electron chi connectivity index (χ4n) is 4.96. The first-order chi connectivity index (χ1) is 18.6. The number of hydrogen-bond donors (Lipinski definition) is 1. The van der Waals surface area contributed by atoms with Gasteiger partial charge in [0.2, 0.25) is 0 Å². The molecule has 0 aliphatic carbocycles. The SMILES string of the molecule is COc1ncc2c(N3C[C@@H](C)N(C(=O)OC(C)(C)C)[C@@H](C)C3)ccc(C(=O)Nc3cnn4ccncc34)c2n1. The van der Waals surface area contributed by atoms with Gasteiger partial charge in [0.25, 0.3) is 5.91 Å². The van der Waals surface area contributed by atoms with Crippen LogP contribution in [0.15, 0.2) is 43.1 Å². The molecule has 1 aliphatic heterocycles. The number of benzene rings is 1. The molecule has 1 aliphatic rings. The van der Waals surface area contributed by atoms with Crippen LogP contribution in [0.3, 0.4) is 0 Å². The average Bonchev–Trinajstić information content (AvgIpc) is 3.28. The van der Waals surface area contributed by atoms with Gasteiger partial charge in [0.05, 0.1) is 48.4 Å². The van der Waals surface area contributed by atoms with Crippen molar-refractivity contribution in [3.05, 3.63) is 48.7 Å². The number of carbonyl (C=O) groups is 2. The number of carbonyl (C=O) groups excluding carboxylic acids is 2. The number of anilines is 2. The number of fused-ring (bicyclic) bond motifs is 2. The second kappa shape index (κ2) is 10.0. The molecule has 1 N–H and O–H groups in total. The molecule has 4 heterocycles. The zero-order valence-electron chi connectivity index (χ0n) is 22.9. The third-order valence-corrected chi connectivity index (χ3v) is 6.57. The Bertz CT molecular complexity index is 1530. The minimum Gasteiger partial charge on any atom is -0.467 e. The van der Waals surface area contributed by atoms with E-state index in [1.165, 1.54) is 7.11 Å². The standard InChI is InChI=1S/C27H32N8O4/c1-16-14-33(15-17(2)35(16)26(37)39-27(3,4)5)21-8-7-18(23-19(21)11-29-25(32-23)38-6)24(36)31-20-12-30-34-10-9-28-13-22(20)34/h7-13,16-17H,14-15H2,1-6H3,(H,31,36)/t16-,17+. The Morgan fingerprint density at radius 2 is 1.82 bits per heavy atom. The first kappa shape index (κ1) is 26.1. The van der Waals surface area contributed by atoms with Crippen LogP contribution >= 0.6 is 0 Å². The minimum atomic E-state index is -0.573. The molecule has 2 atom stereocenters. The van der Waals surface area contributed by atoms with E-state index in [9.17, 15) is 9.59 Å². The van der Waals surface area contributed by atoms with Crippen molar-refractivity contribution < 1.29 is 19.1 Å². The van der Waals surface area contributed by atoms with Crippen LogP contribution in [0.4, 0.5) is 16.2 Å². The molecular formula is C27H32N8O4. The molecule has 0 saturated carbocycles. The summed E-state index contributed by atoms with van der Waals surface area (Å²) in [4.78, 5) is 43.3. The first-order valence-electron chi connectivity index (χ1n) is 12.7. The number of nitrogens with one attached hydrogen (secondary N) is 1. The lowest BCUT2D eigenvalue weighted by Crippen LogP contribution is -2.59. The van der Waals surface area contributed by atoms with Gasteiger partial charge in [0.15, 0.2) is 0 Å². The third-order valence-electron chi connectivity index (χ3n) is 6.57. The molecule has 1 saturated heterocycles. The second-order valence-electron chi connectivity index (χ2n) is 10.7. The topological polar surface area (TPSA) is 127 Å². The first-order valence-corrected chi connectivity index (χ1v) is 12.7. The van der Waals surface area contributed by atoms with Crippen LogP contribution in [-0.4, -0.2) is 79.4 Å². The zero-order valence-corrected chi connectivity index (χ0v) is 22.9. The number of aromatic nitrogens is 5. The molecule has 204 valence electrons. The van der Waals surface area contributed by atoms with Gasteiger partial charge in [-0.3, -0.25) is 14.7 Å². The van der Waals surface area contributed by atoms with Crippen molar-refractivity contribution in [1.29, 1.82) is 0 Å². The smallest absolute Gasteiger partial charge is 0.410 e. The van der Waals surface area contributed by atoms with Gasteiger partial charge in [0, 0.05) is 42.8 Å². The van der Waals surface area contributed by atoms with Crippen LogP contribution in [0.1, 0.15) is 45.0 Å². The van der Waals surface area contributed by atoms with E-state index in [1.807, 2.05) is 40.7 Å². The van der Waals surface area contributed by atoms with Crippen LogP contribution in [0.25, 0.3) is 16.4 Å². The Kier molecular flexibility index (Phi) is 6.71. The summed E-state index contributed by atoms with van der Waals surface area (Å²) in [5.74, 6) is -0.345. The lowest BCUT2D eigenvalue weighted by Gasteiger charge is -2.45. The quantitative estimate of drug-likeness (QED) is 0.418. The maximum atomic E-state index is 13.5. The van der Waals surface area contributed by atoms with Gasteiger partial charge in [-0.1, -0.05) is 0 Å².